The van der Waals surface area contributed by atoms with E-state index in [-0.39, 0.29) is 23.4 Å². The predicted octanol–water partition coefficient (Wildman–Crippen LogP) is 3.21. The smallest absolute Gasteiger partial charge is 0.243 e. The maximum Gasteiger partial charge on any atom is 0.243 e. The van der Waals surface area contributed by atoms with Gasteiger partial charge in [0.05, 0.1) is 24.1 Å². The highest BCUT2D eigenvalue weighted by Gasteiger charge is 2.32. The van der Waals surface area contributed by atoms with Gasteiger partial charge in [-0.25, -0.2) is 12.8 Å². The lowest BCUT2D eigenvalue weighted by molar-refractivity contribution is -0.132. The molecule has 1 amide bonds. The number of carbonyl (C=O) groups is 1. The van der Waals surface area contributed by atoms with Crippen LogP contribution in [0.1, 0.15) is 31.4 Å². The SMILES string of the molecule is CCOc1ccc(C2CCCN2C(=O)CN(C)S(=O)(=O)c2ccc(F)cc2)cc1. The summed E-state index contributed by atoms with van der Waals surface area (Å²) in [5.74, 6) is 0.00441. The van der Waals surface area contributed by atoms with Gasteiger partial charge in [-0.1, -0.05) is 12.1 Å². The fraction of sp³-hybridized carbons (Fsp3) is 0.381. The molecule has 0 spiro atoms. The molecule has 0 radical (unpaired) electrons. The molecule has 1 saturated heterocycles. The van der Waals surface area contributed by atoms with Gasteiger partial charge < -0.3 is 9.64 Å². The van der Waals surface area contributed by atoms with Crippen molar-refractivity contribution in [1.82, 2.24) is 9.21 Å². The average Bonchev–Trinajstić information content (AvgIpc) is 3.19. The van der Waals surface area contributed by atoms with Gasteiger partial charge in [-0.05, 0) is 61.7 Å². The Labute approximate surface area is 170 Å². The Balaban J connectivity index is 1.71. The molecule has 0 aliphatic carbocycles. The van der Waals surface area contributed by atoms with Crippen LogP contribution in [-0.4, -0.2) is 50.3 Å². The van der Waals surface area contributed by atoms with E-state index in [1.807, 2.05) is 31.2 Å². The first-order valence-electron chi connectivity index (χ1n) is 9.57. The van der Waals surface area contributed by atoms with Gasteiger partial charge in [-0.15, -0.1) is 0 Å². The Morgan fingerprint density at radius 3 is 2.45 bits per heavy atom. The summed E-state index contributed by atoms with van der Waals surface area (Å²) in [6.07, 6.45) is 1.69. The number of likely N-dealkylation sites (tertiary alicyclic amines) is 1. The molecule has 1 aliphatic heterocycles. The lowest BCUT2D eigenvalue weighted by Crippen LogP contribution is -2.40. The summed E-state index contributed by atoms with van der Waals surface area (Å²) in [5.41, 5.74) is 1.00. The number of rotatable bonds is 7. The van der Waals surface area contributed by atoms with Crippen LogP contribution in [0, 0.1) is 5.82 Å². The van der Waals surface area contributed by atoms with Crippen LogP contribution in [0.5, 0.6) is 5.75 Å². The first-order chi connectivity index (χ1) is 13.8. The molecule has 2 aromatic carbocycles. The predicted molar refractivity (Wildman–Crippen MR) is 108 cm³/mol. The molecule has 0 saturated carbocycles. The highest BCUT2D eigenvalue weighted by Crippen LogP contribution is 2.33. The number of hydrogen-bond donors (Lipinski definition) is 0. The van der Waals surface area contributed by atoms with Crippen LogP contribution < -0.4 is 4.74 Å². The van der Waals surface area contributed by atoms with Crippen molar-refractivity contribution in [3.05, 3.63) is 59.9 Å². The summed E-state index contributed by atoms with van der Waals surface area (Å²) in [7, 11) is -2.51. The van der Waals surface area contributed by atoms with Crippen LogP contribution in [0.3, 0.4) is 0 Å². The molecule has 0 N–H and O–H groups in total. The van der Waals surface area contributed by atoms with Gasteiger partial charge in [0.25, 0.3) is 0 Å². The zero-order chi connectivity index (χ0) is 21.0. The minimum atomic E-state index is -3.87. The number of ether oxygens (including phenoxy) is 1. The summed E-state index contributed by atoms with van der Waals surface area (Å²) < 4.78 is 44.9. The lowest BCUT2D eigenvalue weighted by atomic mass is 10.0. The third-order valence-corrected chi connectivity index (χ3v) is 6.85. The quantitative estimate of drug-likeness (QED) is 0.690. The molecule has 3 rings (SSSR count). The summed E-state index contributed by atoms with van der Waals surface area (Å²) in [6, 6.07) is 12.1. The molecular formula is C21H25FN2O4S. The molecule has 1 heterocycles. The van der Waals surface area contributed by atoms with Crippen LogP contribution in [0.2, 0.25) is 0 Å². The Kier molecular flexibility index (Phi) is 6.54. The molecule has 29 heavy (non-hydrogen) atoms. The van der Waals surface area contributed by atoms with Crippen LogP contribution in [-0.2, 0) is 14.8 Å². The Morgan fingerprint density at radius 1 is 1.17 bits per heavy atom. The summed E-state index contributed by atoms with van der Waals surface area (Å²) in [4.78, 5) is 14.6. The normalized spacial score (nSPS) is 17.0. The average molecular weight is 421 g/mol. The molecule has 1 unspecified atom stereocenters. The van der Waals surface area contributed by atoms with Crippen molar-refractivity contribution >= 4 is 15.9 Å². The number of hydrogen-bond acceptors (Lipinski definition) is 4. The number of sulfonamides is 1. The van der Waals surface area contributed by atoms with Crippen molar-refractivity contribution in [1.29, 1.82) is 0 Å². The Bertz CT molecular complexity index is 946. The molecule has 156 valence electrons. The minimum Gasteiger partial charge on any atom is -0.494 e. The molecule has 2 aromatic rings. The van der Waals surface area contributed by atoms with Crippen molar-refractivity contribution in [3.63, 3.8) is 0 Å². The summed E-state index contributed by atoms with van der Waals surface area (Å²) in [6.45, 7) is 2.82. The fourth-order valence-corrected chi connectivity index (χ4v) is 4.64. The third kappa shape index (κ3) is 4.76. The topological polar surface area (TPSA) is 66.9 Å². The van der Waals surface area contributed by atoms with Crippen molar-refractivity contribution in [2.45, 2.75) is 30.7 Å². The zero-order valence-electron chi connectivity index (χ0n) is 16.5. The zero-order valence-corrected chi connectivity index (χ0v) is 17.4. The second-order valence-electron chi connectivity index (χ2n) is 6.96. The maximum absolute atomic E-state index is 13.1. The van der Waals surface area contributed by atoms with Crippen LogP contribution in [0.15, 0.2) is 53.4 Å². The largest absolute Gasteiger partial charge is 0.494 e. The van der Waals surface area contributed by atoms with E-state index < -0.39 is 15.8 Å². The standard InChI is InChI=1S/C21H25FN2O4S/c1-3-28-18-10-6-16(7-11-18)20-5-4-14-24(20)21(25)15-23(2)29(26,27)19-12-8-17(22)9-13-19/h6-13,20H,3-5,14-15H2,1-2H3. The highest BCUT2D eigenvalue weighted by atomic mass is 32.2. The second-order valence-corrected chi connectivity index (χ2v) is 9.01. The van der Waals surface area contributed by atoms with Gasteiger partial charge in [0, 0.05) is 13.6 Å². The molecule has 0 aromatic heterocycles. The number of nitrogens with zero attached hydrogens (tertiary/aromatic N) is 2. The number of carbonyl (C=O) groups excluding carboxylic acids is 1. The van der Waals surface area contributed by atoms with Crippen molar-refractivity contribution in [2.75, 3.05) is 26.7 Å². The summed E-state index contributed by atoms with van der Waals surface area (Å²) >= 11 is 0. The first-order valence-corrected chi connectivity index (χ1v) is 11.0. The Hall–Kier alpha value is -2.45. The molecule has 8 heteroatoms. The lowest BCUT2D eigenvalue weighted by Gasteiger charge is -2.27. The molecule has 1 atom stereocenters. The molecular weight excluding hydrogens is 395 g/mol. The van der Waals surface area contributed by atoms with Gasteiger partial charge >= 0.3 is 0 Å². The first kappa shape index (κ1) is 21.3. The van der Waals surface area contributed by atoms with E-state index in [0.717, 1.165) is 40.6 Å². The molecule has 1 fully saturated rings. The number of halogens is 1. The second kappa shape index (κ2) is 8.92. The van der Waals surface area contributed by atoms with Gasteiger partial charge in [0.1, 0.15) is 11.6 Å². The van der Waals surface area contributed by atoms with E-state index in [4.69, 9.17) is 4.74 Å². The van der Waals surface area contributed by atoms with E-state index in [9.17, 15) is 17.6 Å². The number of likely N-dealkylation sites (N-methyl/N-ethyl adjacent to an activating group) is 1. The molecule has 6 nitrogen and oxygen atoms in total. The minimum absolute atomic E-state index is 0.0429. The number of benzene rings is 2. The monoisotopic (exact) mass is 420 g/mol. The Morgan fingerprint density at radius 2 is 1.83 bits per heavy atom. The van der Waals surface area contributed by atoms with Gasteiger partial charge in [-0.3, -0.25) is 4.79 Å². The van der Waals surface area contributed by atoms with E-state index in [1.54, 1.807) is 4.90 Å². The fourth-order valence-electron chi connectivity index (χ4n) is 3.52. The van der Waals surface area contributed by atoms with E-state index in [0.29, 0.717) is 13.2 Å². The van der Waals surface area contributed by atoms with E-state index in [1.165, 1.54) is 19.2 Å². The van der Waals surface area contributed by atoms with Crippen LogP contribution in [0.25, 0.3) is 0 Å². The highest BCUT2D eigenvalue weighted by molar-refractivity contribution is 7.89. The van der Waals surface area contributed by atoms with Crippen molar-refractivity contribution in [2.24, 2.45) is 0 Å². The molecule has 1 aliphatic rings. The molecule has 0 bridgehead atoms. The van der Waals surface area contributed by atoms with E-state index in [2.05, 4.69) is 0 Å². The van der Waals surface area contributed by atoms with E-state index >= 15 is 0 Å². The maximum atomic E-state index is 13.1. The van der Waals surface area contributed by atoms with Crippen molar-refractivity contribution < 1.29 is 22.3 Å². The van der Waals surface area contributed by atoms with Crippen LogP contribution >= 0.6 is 0 Å². The van der Waals surface area contributed by atoms with Gasteiger partial charge in [0.2, 0.25) is 15.9 Å². The van der Waals surface area contributed by atoms with Gasteiger partial charge in [-0.2, -0.15) is 4.31 Å². The third-order valence-electron chi connectivity index (χ3n) is 5.03. The summed E-state index contributed by atoms with van der Waals surface area (Å²) in [5, 5.41) is 0. The van der Waals surface area contributed by atoms with Gasteiger partial charge in [0.15, 0.2) is 0 Å². The van der Waals surface area contributed by atoms with Crippen LogP contribution in [0.4, 0.5) is 4.39 Å². The van der Waals surface area contributed by atoms with Crippen molar-refractivity contribution in [3.8, 4) is 5.75 Å². The number of amides is 1.